The maximum Gasteiger partial charge on any atom is 0.266 e. The Bertz CT molecular complexity index is 1290. The maximum atomic E-state index is 13.7. The van der Waals surface area contributed by atoms with Gasteiger partial charge in [-0.15, -0.1) is 0 Å². The summed E-state index contributed by atoms with van der Waals surface area (Å²) >= 11 is 1.02. The highest BCUT2D eigenvalue weighted by molar-refractivity contribution is 7.18. The van der Waals surface area contributed by atoms with E-state index in [4.69, 9.17) is 0 Å². The van der Waals surface area contributed by atoms with E-state index in [2.05, 4.69) is 10.3 Å². The Balaban J connectivity index is 1.79. The molecule has 2 aromatic heterocycles. The molecule has 5 nitrogen and oxygen atoms in total. The Morgan fingerprint density at radius 3 is 2.59 bits per heavy atom. The van der Waals surface area contributed by atoms with Crippen LogP contribution >= 0.6 is 11.3 Å². The van der Waals surface area contributed by atoms with Crippen molar-refractivity contribution in [2.24, 2.45) is 0 Å². The molecule has 136 valence electrons. The number of amides is 1. The minimum Gasteiger partial charge on any atom is -0.319 e. The summed E-state index contributed by atoms with van der Waals surface area (Å²) in [7, 11) is 0. The number of carbonyl (C=O) groups excluding carboxylic acids is 1. The van der Waals surface area contributed by atoms with Crippen LogP contribution in [-0.4, -0.2) is 15.3 Å². The summed E-state index contributed by atoms with van der Waals surface area (Å²) in [6.45, 7) is 3.90. The normalized spacial score (nSPS) is 11.3. The molecule has 1 N–H and O–H groups in total. The molecule has 27 heavy (non-hydrogen) atoms. The van der Waals surface area contributed by atoms with E-state index in [1.54, 1.807) is 0 Å². The molecular formula is C19H13F2N3O2S. The zero-order valence-corrected chi connectivity index (χ0v) is 15.2. The van der Waals surface area contributed by atoms with Crippen molar-refractivity contribution in [2.45, 2.75) is 13.8 Å². The number of anilines is 1. The van der Waals surface area contributed by atoms with Gasteiger partial charge in [0.2, 0.25) is 0 Å². The number of hydrogen-bond acceptors (Lipinski definition) is 4. The van der Waals surface area contributed by atoms with Gasteiger partial charge >= 0.3 is 0 Å². The second-order valence-electron chi connectivity index (χ2n) is 6.18. The fourth-order valence-electron chi connectivity index (χ4n) is 2.78. The zero-order chi connectivity index (χ0) is 19.3. The first kappa shape index (κ1) is 17.3. The van der Waals surface area contributed by atoms with E-state index >= 15 is 0 Å². The SMILES string of the molecule is Cc1cc2nc3sc(C(=O)Nc4ccc(F)cc4F)cc(=O)n3c2cc1C. The molecule has 8 heteroatoms. The van der Waals surface area contributed by atoms with Gasteiger partial charge in [-0.2, -0.15) is 0 Å². The first-order valence-corrected chi connectivity index (χ1v) is 8.85. The van der Waals surface area contributed by atoms with Gasteiger partial charge in [-0.05, 0) is 49.2 Å². The van der Waals surface area contributed by atoms with E-state index in [1.807, 2.05) is 26.0 Å². The number of aryl methyl sites for hydroxylation is 2. The minimum absolute atomic E-state index is 0.0833. The summed E-state index contributed by atoms with van der Waals surface area (Å²) in [6, 6.07) is 7.79. The Morgan fingerprint density at radius 2 is 1.85 bits per heavy atom. The number of nitrogens with zero attached hydrogens (tertiary/aromatic N) is 2. The molecule has 0 atom stereocenters. The average molecular weight is 385 g/mol. The van der Waals surface area contributed by atoms with Crippen molar-refractivity contribution in [1.29, 1.82) is 0 Å². The lowest BCUT2D eigenvalue weighted by molar-refractivity contribution is 0.102. The molecule has 2 heterocycles. The topological polar surface area (TPSA) is 63.5 Å². The molecule has 0 aliphatic carbocycles. The molecular weight excluding hydrogens is 372 g/mol. The summed E-state index contributed by atoms with van der Waals surface area (Å²) in [5.41, 5.74) is 2.84. The predicted octanol–water partition coefficient (Wildman–Crippen LogP) is 4.06. The number of halogens is 2. The fraction of sp³-hybridized carbons (Fsp3) is 0.105. The lowest BCUT2D eigenvalue weighted by atomic mass is 10.1. The van der Waals surface area contributed by atoms with Crippen LogP contribution in [0, 0.1) is 25.5 Å². The molecule has 4 aromatic rings. The van der Waals surface area contributed by atoms with Crippen molar-refractivity contribution in [1.82, 2.24) is 9.38 Å². The van der Waals surface area contributed by atoms with E-state index in [1.165, 1.54) is 10.5 Å². The predicted molar refractivity (Wildman–Crippen MR) is 101 cm³/mol. The number of rotatable bonds is 2. The Morgan fingerprint density at radius 1 is 1.11 bits per heavy atom. The van der Waals surface area contributed by atoms with Gasteiger partial charge in [0.25, 0.3) is 11.5 Å². The molecule has 4 rings (SSSR count). The van der Waals surface area contributed by atoms with Crippen LogP contribution in [0.25, 0.3) is 16.0 Å². The van der Waals surface area contributed by atoms with Crippen molar-refractivity contribution in [3.05, 3.63) is 74.4 Å². The molecule has 2 aromatic carbocycles. The van der Waals surface area contributed by atoms with Gasteiger partial charge in [-0.1, -0.05) is 11.3 Å². The van der Waals surface area contributed by atoms with Crippen LogP contribution < -0.4 is 10.9 Å². The highest BCUT2D eigenvalue weighted by atomic mass is 32.1. The third kappa shape index (κ3) is 2.97. The van der Waals surface area contributed by atoms with E-state index in [0.29, 0.717) is 22.1 Å². The Hall–Kier alpha value is -3.13. The molecule has 0 aliphatic heterocycles. The van der Waals surface area contributed by atoms with Crippen LogP contribution in [0.1, 0.15) is 20.8 Å². The van der Waals surface area contributed by atoms with Gasteiger partial charge in [0.1, 0.15) is 16.5 Å². The molecule has 0 bridgehead atoms. The summed E-state index contributed by atoms with van der Waals surface area (Å²) in [5, 5.41) is 2.35. The van der Waals surface area contributed by atoms with Crippen LogP contribution in [0.15, 0.2) is 41.2 Å². The Labute approximate surface area is 155 Å². The van der Waals surface area contributed by atoms with Gasteiger partial charge in [-0.3, -0.25) is 14.0 Å². The van der Waals surface area contributed by atoms with Crippen molar-refractivity contribution >= 4 is 38.9 Å². The molecule has 0 saturated carbocycles. The standard InChI is InChI=1S/C19H13F2N3O2S/c1-9-5-14-15(6-10(9)2)24-17(25)8-16(27-19(24)23-14)18(26)22-13-4-3-11(20)7-12(13)21/h3-8H,1-2H3,(H,22,26). The van der Waals surface area contributed by atoms with Crippen molar-refractivity contribution in [2.75, 3.05) is 5.32 Å². The molecule has 0 aliphatic rings. The smallest absolute Gasteiger partial charge is 0.266 e. The van der Waals surface area contributed by atoms with Crippen molar-refractivity contribution < 1.29 is 13.6 Å². The molecule has 0 fully saturated rings. The summed E-state index contributed by atoms with van der Waals surface area (Å²) < 4.78 is 28.2. The molecule has 1 amide bonds. The number of fused-ring (bicyclic) bond motifs is 3. The van der Waals surface area contributed by atoms with Gasteiger partial charge in [0.15, 0.2) is 4.96 Å². The third-order valence-electron chi connectivity index (χ3n) is 4.32. The summed E-state index contributed by atoms with van der Waals surface area (Å²) in [6.07, 6.45) is 0. The fourth-order valence-corrected chi connectivity index (χ4v) is 3.71. The van der Waals surface area contributed by atoms with E-state index in [-0.39, 0.29) is 10.6 Å². The maximum absolute atomic E-state index is 13.7. The largest absolute Gasteiger partial charge is 0.319 e. The highest BCUT2D eigenvalue weighted by Crippen LogP contribution is 2.23. The van der Waals surface area contributed by atoms with Crippen LogP contribution in [0.3, 0.4) is 0 Å². The van der Waals surface area contributed by atoms with Gasteiger partial charge in [0.05, 0.1) is 16.7 Å². The molecule has 0 spiro atoms. The lowest BCUT2D eigenvalue weighted by Gasteiger charge is -2.06. The highest BCUT2D eigenvalue weighted by Gasteiger charge is 2.16. The van der Waals surface area contributed by atoms with E-state index in [0.717, 1.165) is 34.6 Å². The van der Waals surface area contributed by atoms with E-state index < -0.39 is 23.1 Å². The van der Waals surface area contributed by atoms with Crippen molar-refractivity contribution in [3.63, 3.8) is 0 Å². The quantitative estimate of drug-likeness (QED) is 0.566. The number of hydrogen-bond donors (Lipinski definition) is 1. The lowest BCUT2D eigenvalue weighted by Crippen LogP contribution is -2.17. The van der Waals surface area contributed by atoms with Gasteiger partial charge < -0.3 is 5.32 Å². The molecule has 0 saturated heterocycles. The second-order valence-corrected chi connectivity index (χ2v) is 7.19. The minimum atomic E-state index is -0.894. The van der Waals surface area contributed by atoms with Crippen LogP contribution in [0.2, 0.25) is 0 Å². The molecule has 0 radical (unpaired) electrons. The number of nitrogens with one attached hydrogen (secondary N) is 1. The number of carbonyl (C=O) groups is 1. The average Bonchev–Trinajstić information content (AvgIpc) is 2.95. The third-order valence-corrected chi connectivity index (χ3v) is 5.30. The number of aromatic nitrogens is 2. The van der Waals surface area contributed by atoms with Crippen LogP contribution in [0.4, 0.5) is 14.5 Å². The summed E-state index contributed by atoms with van der Waals surface area (Å²) in [4.78, 5) is 29.9. The van der Waals surface area contributed by atoms with Crippen LogP contribution in [-0.2, 0) is 0 Å². The first-order chi connectivity index (χ1) is 12.8. The monoisotopic (exact) mass is 385 g/mol. The summed E-state index contributed by atoms with van der Waals surface area (Å²) in [5.74, 6) is -2.30. The van der Waals surface area contributed by atoms with E-state index in [9.17, 15) is 18.4 Å². The number of benzene rings is 2. The van der Waals surface area contributed by atoms with Gasteiger partial charge in [0, 0.05) is 12.1 Å². The van der Waals surface area contributed by atoms with Gasteiger partial charge in [-0.25, -0.2) is 13.8 Å². The number of imidazole rings is 1. The second kappa shape index (κ2) is 6.24. The molecule has 0 unspecified atom stereocenters. The zero-order valence-electron chi connectivity index (χ0n) is 14.3. The first-order valence-electron chi connectivity index (χ1n) is 8.03. The van der Waals surface area contributed by atoms with Crippen molar-refractivity contribution in [3.8, 4) is 0 Å². The van der Waals surface area contributed by atoms with Crippen LogP contribution in [0.5, 0.6) is 0 Å². The Kier molecular flexibility index (Phi) is 4.00.